The Morgan fingerprint density at radius 3 is 2.32 bits per heavy atom. The van der Waals surface area contributed by atoms with E-state index >= 15 is 0 Å². The lowest BCUT2D eigenvalue weighted by molar-refractivity contribution is -0.832. The highest BCUT2D eigenvalue weighted by atomic mass is 32.2. The highest BCUT2D eigenvalue weighted by Gasteiger charge is 2.69. The number of aromatic nitrogens is 2. The number of allylic oxidation sites excluding steroid dienone is 2. The molecule has 3 aromatic rings. The predicted molar refractivity (Wildman–Crippen MR) is 229 cm³/mol. The van der Waals surface area contributed by atoms with Gasteiger partial charge in [0.2, 0.25) is 0 Å². The van der Waals surface area contributed by atoms with Crippen LogP contribution in [0.5, 0.6) is 11.6 Å². The van der Waals surface area contributed by atoms with Gasteiger partial charge in [0.1, 0.15) is 18.5 Å². The maximum absolute atomic E-state index is 13.4. The molecule has 13 nitrogen and oxygen atoms in total. The Kier molecular flexibility index (Phi) is 11.2. The van der Waals surface area contributed by atoms with Crippen LogP contribution in [-0.4, -0.2) is 42.7 Å². The third-order valence-electron chi connectivity index (χ3n) is 17.2. The Hall–Kier alpha value is -4.72. The monoisotopic (exact) mass is 886 g/mol. The van der Waals surface area contributed by atoms with Crippen LogP contribution in [0.25, 0.3) is 0 Å². The van der Waals surface area contributed by atoms with Crippen molar-refractivity contribution in [2.45, 2.75) is 148 Å². The van der Waals surface area contributed by atoms with Gasteiger partial charge in [-0.3, -0.25) is 19.0 Å². The Morgan fingerprint density at radius 1 is 0.873 bits per heavy atom. The molecule has 1 heterocycles. The van der Waals surface area contributed by atoms with Gasteiger partial charge < -0.3 is 24.5 Å². The third kappa shape index (κ3) is 7.45. The van der Waals surface area contributed by atoms with Gasteiger partial charge in [-0.1, -0.05) is 90.4 Å². The minimum atomic E-state index is -4.32. The first-order valence-corrected chi connectivity index (χ1v) is 24.0. The topological polar surface area (TPSA) is 186 Å². The SMILES string of the molecule is CC1(C)CC[C@]2(C(=O)O)CC[C@]3(C)C(=CC[C@@H]4[C@@]5(C)CC[C@H](OC(=O)CCC(=O)OCc6cccc(Oc7no[n+]([O-])c7S(=O)(=O)c7ccccc7)c6)C(C)(C)[C@@H]5CC[C@]43C)[C@@H]2C1. The van der Waals surface area contributed by atoms with Crippen LogP contribution in [0.1, 0.15) is 131 Å². The van der Waals surface area contributed by atoms with Crippen LogP contribution in [0.15, 0.2) is 80.8 Å². The van der Waals surface area contributed by atoms with Gasteiger partial charge in [-0.2, -0.15) is 0 Å². The Morgan fingerprint density at radius 2 is 1.59 bits per heavy atom. The summed E-state index contributed by atoms with van der Waals surface area (Å²) >= 11 is 0. The van der Waals surface area contributed by atoms with Crippen molar-refractivity contribution < 1.29 is 51.7 Å². The zero-order chi connectivity index (χ0) is 45.4. The van der Waals surface area contributed by atoms with E-state index in [-0.39, 0.29) is 74.1 Å². The fraction of sp³-hybridized carbons (Fsp3) is 0.612. The average molecular weight is 887 g/mol. The number of carbonyl (C=O) groups excluding carboxylic acids is 2. The number of aliphatic carboxylic acids is 1. The van der Waals surface area contributed by atoms with E-state index in [4.69, 9.17) is 14.2 Å². The molecule has 14 heteroatoms. The van der Waals surface area contributed by atoms with Crippen LogP contribution in [0.2, 0.25) is 0 Å². The highest BCUT2D eigenvalue weighted by molar-refractivity contribution is 7.91. The molecule has 0 aliphatic heterocycles. The summed E-state index contributed by atoms with van der Waals surface area (Å²) in [6, 6.07) is 13.7. The van der Waals surface area contributed by atoms with Crippen LogP contribution in [-0.2, 0) is 40.3 Å². The van der Waals surface area contributed by atoms with Gasteiger partial charge in [-0.05, 0) is 138 Å². The Balaban J connectivity index is 0.873. The number of sulfone groups is 1. The van der Waals surface area contributed by atoms with Gasteiger partial charge in [0.15, 0.2) is 0 Å². The lowest BCUT2D eigenvalue weighted by Crippen LogP contribution is -2.65. The van der Waals surface area contributed by atoms with E-state index in [2.05, 4.69) is 64.3 Å². The van der Waals surface area contributed by atoms with Gasteiger partial charge >= 0.3 is 28.8 Å². The van der Waals surface area contributed by atoms with E-state index in [0.29, 0.717) is 17.4 Å². The third-order valence-corrected chi connectivity index (χ3v) is 18.9. The van der Waals surface area contributed by atoms with Crippen molar-refractivity contribution in [3.63, 3.8) is 0 Å². The summed E-state index contributed by atoms with van der Waals surface area (Å²) in [5.41, 5.74) is 1.05. The van der Waals surface area contributed by atoms with Gasteiger partial charge in [0.05, 0.1) is 28.3 Å². The van der Waals surface area contributed by atoms with Crippen molar-refractivity contribution in [2.24, 2.45) is 50.2 Å². The van der Waals surface area contributed by atoms with Crippen LogP contribution < -0.4 is 9.64 Å². The minimum Gasteiger partial charge on any atom is -0.481 e. The summed E-state index contributed by atoms with van der Waals surface area (Å²) in [4.78, 5) is 38.9. The second-order valence-corrected chi connectivity index (χ2v) is 23.1. The first kappa shape index (κ1) is 44.9. The second-order valence-electron chi connectivity index (χ2n) is 21.3. The molecule has 8 rings (SSSR count). The molecule has 0 amide bonds. The number of carboxylic acids is 1. The van der Waals surface area contributed by atoms with Crippen molar-refractivity contribution in [3.8, 4) is 11.6 Å². The van der Waals surface area contributed by atoms with E-state index in [9.17, 15) is 33.1 Å². The maximum Gasteiger partial charge on any atom is 0.420 e. The van der Waals surface area contributed by atoms with Gasteiger partial charge in [0, 0.05) is 5.41 Å². The summed E-state index contributed by atoms with van der Waals surface area (Å²) in [5, 5.41) is 25.7. The molecule has 0 bridgehead atoms. The molecule has 8 atom stereocenters. The molecule has 2 aromatic carbocycles. The highest BCUT2D eigenvalue weighted by Crippen LogP contribution is 2.76. The second kappa shape index (κ2) is 15.8. The quantitative estimate of drug-likeness (QED) is 0.109. The largest absolute Gasteiger partial charge is 0.481 e. The number of ether oxygens (including phenoxy) is 3. The summed E-state index contributed by atoms with van der Waals surface area (Å²) in [5.74, 6) is -1.25. The normalized spacial score (nSPS) is 33.0. The molecule has 0 unspecified atom stereocenters. The van der Waals surface area contributed by atoms with E-state index in [1.54, 1.807) is 18.2 Å². The molecule has 0 spiro atoms. The molecule has 5 aliphatic rings. The molecule has 63 heavy (non-hydrogen) atoms. The number of fused-ring (bicyclic) bond motifs is 7. The van der Waals surface area contributed by atoms with E-state index in [0.717, 1.165) is 64.2 Å². The van der Waals surface area contributed by atoms with Crippen LogP contribution in [0.3, 0.4) is 0 Å². The number of carboxylic acid groups (broad SMARTS) is 1. The summed E-state index contributed by atoms with van der Waals surface area (Å²) in [7, 11) is -4.32. The van der Waals surface area contributed by atoms with Crippen LogP contribution >= 0.6 is 0 Å². The summed E-state index contributed by atoms with van der Waals surface area (Å²) < 4.78 is 48.2. The number of carbonyl (C=O) groups is 3. The molecule has 1 aromatic heterocycles. The number of hydrogen-bond donors (Lipinski definition) is 1. The fourth-order valence-electron chi connectivity index (χ4n) is 13.5. The number of esters is 2. The predicted octanol–water partition coefficient (Wildman–Crippen LogP) is 9.55. The van der Waals surface area contributed by atoms with E-state index in [1.807, 2.05) is 0 Å². The molecule has 4 saturated carbocycles. The van der Waals surface area contributed by atoms with Crippen LogP contribution in [0, 0.1) is 55.5 Å². The van der Waals surface area contributed by atoms with Crippen LogP contribution in [0.4, 0.5) is 0 Å². The molecule has 1 N–H and O–H groups in total. The van der Waals surface area contributed by atoms with Crippen molar-refractivity contribution >= 4 is 27.7 Å². The lowest BCUT2D eigenvalue weighted by atomic mass is 9.33. The number of benzene rings is 2. The maximum atomic E-state index is 13.4. The summed E-state index contributed by atoms with van der Waals surface area (Å²) in [6.07, 6.45) is 10.8. The molecule has 340 valence electrons. The standard InChI is InChI=1S/C49H62N2O11S/c1-44(2)24-26-49(43(54)55)27-25-47(6)34(35(49)29-44)16-17-37-46(5)22-21-38(45(3,4)36(46)20-23-48(37,47)7)61-40(53)19-18-39(52)59-30-31-12-11-13-32(28-31)60-41-42(51(56)62-50-41)63(57,58)33-14-9-8-10-15-33/h8-16,28,35-38H,17-27,29-30H2,1-7H3,(H,54,55)/t35-,36-,37+,38-,46-,47+,48+,49-/m0/s1. The summed E-state index contributed by atoms with van der Waals surface area (Å²) in [6.45, 7) is 16.4. The smallest absolute Gasteiger partial charge is 0.420 e. The first-order chi connectivity index (χ1) is 29.6. The fourth-order valence-corrected chi connectivity index (χ4v) is 14.8. The van der Waals surface area contributed by atoms with Crippen molar-refractivity contribution in [2.75, 3.05) is 0 Å². The molecular weight excluding hydrogens is 825 g/mol. The molecule has 0 radical (unpaired) electrons. The zero-order valence-corrected chi connectivity index (χ0v) is 38.4. The van der Waals surface area contributed by atoms with E-state index in [1.165, 1.54) is 42.0 Å². The number of hydrogen-bond acceptors (Lipinski definition) is 11. The Labute approximate surface area is 370 Å². The zero-order valence-electron chi connectivity index (χ0n) is 37.6. The van der Waals surface area contributed by atoms with Gasteiger partial charge in [-0.15, -0.1) is 0 Å². The van der Waals surface area contributed by atoms with E-state index < -0.39 is 44.1 Å². The Bertz CT molecular complexity index is 2430. The van der Waals surface area contributed by atoms with Crippen molar-refractivity contribution in [3.05, 3.63) is 77.0 Å². The molecule has 4 fully saturated rings. The average Bonchev–Trinajstić information content (AvgIpc) is 3.60. The molecule has 5 aliphatic carbocycles. The van der Waals surface area contributed by atoms with Crippen molar-refractivity contribution in [1.29, 1.82) is 0 Å². The molecule has 0 saturated heterocycles. The minimum absolute atomic E-state index is 0.0128. The first-order valence-electron chi connectivity index (χ1n) is 22.5. The van der Waals surface area contributed by atoms with Gasteiger partial charge in [0.25, 0.3) is 9.84 Å². The molecular formula is C49H62N2O11S. The van der Waals surface area contributed by atoms with Crippen molar-refractivity contribution in [1.82, 2.24) is 5.16 Å². The van der Waals surface area contributed by atoms with Gasteiger partial charge in [-0.25, -0.2) is 8.42 Å². The lowest BCUT2D eigenvalue weighted by Gasteiger charge is -2.71. The number of rotatable bonds is 11. The number of nitrogens with zero attached hydrogens (tertiary/aromatic N) is 2.